The average Bonchev–Trinajstić information content (AvgIpc) is 3.05. The van der Waals surface area contributed by atoms with E-state index in [1.165, 1.54) is 4.40 Å². The van der Waals surface area contributed by atoms with E-state index >= 15 is 0 Å². The molecule has 5 nitrogen and oxygen atoms in total. The van der Waals surface area contributed by atoms with Crippen LogP contribution in [-0.2, 0) is 0 Å². The van der Waals surface area contributed by atoms with Crippen molar-refractivity contribution in [1.82, 2.24) is 9.38 Å². The summed E-state index contributed by atoms with van der Waals surface area (Å²) in [6.07, 6.45) is 1.67. The molecule has 0 aliphatic carbocycles. The molecule has 0 atom stereocenters. The van der Waals surface area contributed by atoms with Crippen molar-refractivity contribution >= 4 is 62.0 Å². The maximum absolute atomic E-state index is 12.7. The number of amides is 1. The number of fused-ring (bicyclic) bond motifs is 2. The van der Waals surface area contributed by atoms with E-state index in [0.29, 0.717) is 31.5 Å². The Labute approximate surface area is 161 Å². The van der Waals surface area contributed by atoms with Crippen molar-refractivity contribution in [3.8, 4) is 0 Å². The number of carbonyl (C=O) groups excluding carboxylic acids is 1. The van der Waals surface area contributed by atoms with Crippen LogP contribution in [0.25, 0.3) is 15.9 Å². The van der Waals surface area contributed by atoms with E-state index in [2.05, 4.69) is 10.3 Å². The molecule has 8 heteroatoms. The van der Waals surface area contributed by atoms with E-state index in [1.54, 1.807) is 36.5 Å². The van der Waals surface area contributed by atoms with Crippen LogP contribution in [0.15, 0.2) is 47.4 Å². The van der Waals surface area contributed by atoms with E-state index in [0.717, 1.165) is 16.9 Å². The van der Waals surface area contributed by atoms with Crippen LogP contribution >= 0.6 is 34.5 Å². The summed E-state index contributed by atoms with van der Waals surface area (Å²) in [5, 5.41) is 3.74. The lowest BCUT2D eigenvalue weighted by molar-refractivity contribution is 0.103. The summed E-state index contributed by atoms with van der Waals surface area (Å²) in [6, 6.07) is 10.2. The number of nitrogens with one attached hydrogen (secondary N) is 1. The number of anilines is 1. The van der Waals surface area contributed by atoms with Gasteiger partial charge in [-0.05, 0) is 36.8 Å². The first-order valence-electron chi connectivity index (χ1n) is 7.62. The third kappa shape index (κ3) is 2.76. The molecule has 1 aromatic carbocycles. The van der Waals surface area contributed by atoms with Crippen LogP contribution in [0.1, 0.15) is 15.2 Å². The van der Waals surface area contributed by atoms with Crippen molar-refractivity contribution in [2.75, 3.05) is 5.32 Å². The van der Waals surface area contributed by atoms with Crippen molar-refractivity contribution in [2.24, 2.45) is 0 Å². The molecule has 0 bridgehead atoms. The number of benzene rings is 1. The Bertz CT molecular complexity index is 1250. The van der Waals surface area contributed by atoms with Gasteiger partial charge < -0.3 is 5.32 Å². The summed E-state index contributed by atoms with van der Waals surface area (Å²) < 4.78 is 1.49. The summed E-state index contributed by atoms with van der Waals surface area (Å²) in [5.41, 5.74) is 1.67. The molecule has 3 aromatic heterocycles. The van der Waals surface area contributed by atoms with Crippen LogP contribution in [0, 0.1) is 6.92 Å². The zero-order valence-corrected chi connectivity index (χ0v) is 15.7. The van der Waals surface area contributed by atoms with E-state index in [4.69, 9.17) is 23.2 Å². The molecule has 4 aromatic rings. The molecule has 1 amide bonds. The quantitative estimate of drug-likeness (QED) is 0.523. The summed E-state index contributed by atoms with van der Waals surface area (Å²) >= 11 is 13.2. The number of halogens is 2. The molecular weight excluding hydrogens is 393 g/mol. The van der Waals surface area contributed by atoms with E-state index in [1.807, 2.05) is 13.0 Å². The Morgan fingerprint density at radius 1 is 1.23 bits per heavy atom. The number of hydrogen-bond acceptors (Lipinski definition) is 4. The molecule has 130 valence electrons. The van der Waals surface area contributed by atoms with Crippen LogP contribution in [0.3, 0.4) is 0 Å². The molecule has 3 heterocycles. The van der Waals surface area contributed by atoms with Crippen LogP contribution < -0.4 is 10.9 Å². The fraction of sp³-hybridized carbons (Fsp3) is 0.0556. The molecule has 1 N–H and O–H groups in total. The highest BCUT2D eigenvalue weighted by molar-refractivity contribution is 7.20. The van der Waals surface area contributed by atoms with Gasteiger partial charge in [-0.25, -0.2) is 4.98 Å². The molecule has 0 saturated carbocycles. The van der Waals surface area contributed by atoms with Crippen molar-refractivity contribution < 1.29 is 4.79 Å². The van der Waals surface area contributed by atoms with Gasteiger partial charge >= 0.3 is 0 Å². The maximum atomic E-state index is 12.7. The van der Waals surface area contributed by atoms with Gasteiger partial charge in [-0.15, -0.1) is 11.3 Å². The van der Waals surface area contributed by atoms with Crippen LogP contribution in [-0.4, -0.2) is 15.3 Å². The number of aromatic nitrogens is 2. The number of pyridine rings is 1. The zero-order valence-electron chi connectivity index (χ0n) is 13.4. The number of aryl methyl sites for hydroxylation is 1. The van der Waals surface area contributed by atoms with Gasteiger partial charge in [0.15, 0.2) is 0 Å². The van der Waals surface area contributed by atoms with Gasteiger partial charge in [0.2, 0.25) is 0 Å². The zero-order chi connectivity index (χ0) is 18.4. The lowest BCUT2D eigenvalue weighted by Crippen LogP contribution is -2.14. The molecule has 0 radical (unpaired) electrons. The topological polar surface area (TPSA) is 63.5 Å². The average molecular weight is 404 g/mol. The van der Waals surface area contributed by atoms with Gasteiger partial charge in [-0.2, -0.15) is 0 Å². The van der Waals surface area contributed by atoms with Gasteiger partial charge in [-0.3, -0.25) is 14.0 Å². The normalized spacial score (nSPS) is 11.2. The van der Waals surface area contributed by atoms with Gasteiger partial charge in [0.25, 0.3) is 11.5 Å². The van der Waals surface area contributed by atoms with Crippen molar-refractivity contribution in [1.29, 1.82) is 0 Å². The number of thiophene rings is 1. The van der Waals surface area contributed by atoms with Gasteiger partial charge in [-0.1, -0.05) is 35.3 Å². The third-order valence-electron chi connectivity index (χ3n) is 3.95. The second kappa shape index (κ2) is 6.39. The van der Waals surface area contributed by atoms with Crippen LogP contribution in [0.2, 0.25) is 10.0 Å². The highest BCUT2D eigenvalue weighted by Gasteiger charge is 2.17. The molecule has 0 saturated heterocycles. The lowest BCUT2D eigenvalue weighted by Gasteiger charge is -2.06. The molecule has 0 aliphatic rings. The molecular formula is C18H11Cl2N3O2S. The van der Waals surface area contributed by atoms with Gasteiger partial charge in [0, 0.05) is 6.20 Å². The number of nitrogens with zero attached hydrogens (tertiary/aromatic N) is 2. The van der Waals surface area contributed by atoms with Crippen LogP contribution in [0.4, 0.5) is 5.69 Å². The van der Waals surface area contributed by atoms with Crippen molar-refractivity contribution in [3.63, 3.8) is 0 Å². The minimum Gasteiger partial charge on any atom is -0.320 e. The minimum atomic E-state index is -0.373. The Balaban J connectivity index is 1.80. The maximum Gasteiger partial charge on any atom is 0.266 e. The smallest absolute Gasteiger partial charge is 0.266 e. The van der Waals surface area contributed by atoms with E-state index < -0.39 is 0 Å². The van der Waals surface area contributed by atoms with Gasteiger partial charge in [0.05, 0.1) is 26.0 Å². The van der Waals surface area contributed by atoms with Crippen molar-refractivity contribution in [3.05, 3.63) is 73.4 Å². The molecule has 0 unspecified atom stereocenters. The molecule has 0 aliphatic heterocycles. The molecule has 4 rings (SSSR count). The predicted molar refractivity (Wildman–Crippen MR) is 106 cm³/mol. The first-order valence-corrected chi connectivity index (χ1v) is 9.20. The highest BCUT2D eigenvalue weighted by atomic mass is 35.5. The Morgan fingerprint density at radius 3 is 2.85 bits per heavy atom. The first kappa shape index (κ1) is 17.0. The van der Waals surface area contributed by atoms with Crippen LogP contribution in [0.5, 0.6) is 0 Å². The summed E-state index contributed by atoms with van der Waals surface area (Å²) in [6.45, 7) is 1.88. The largest absolute Gasteiger partial charge is 0.320 e. The number of rotatable bonds is 2. The Hall–Kier alpha value is -2.41. The fourth-order valence-corrected chi connectivity index (χ4v) is 3.92. The Morgan fingerprint density at radius 2 is 2.04 bits per heavy atom. The number of hydrogen-bond donors (Lipinski definition) is 1. The second-order valence-corrected chi connectivity index (χ2v) is 7.50. The van der Waals surface area contributed by atoms with Crippen molar-refractivity contribution in [2.45, 2.75) is 6.92 Å². The SMILES string of the molecule is Cc1cccn2c(=O)c3cc(C(=O)Nc4cccc(Cl)c4Cl)sc3nc12. The molecule has 0 fully saturated rings. The van der Waals surface area contributed by atoms with E-state index in [9.17, 15) is 9.59 Å². The number of carbonyl (C=O) groups is 1. The lowest BCUT2D eigenvalue weighted by atomic mass is 10.2. The fourth-order valence-electron chi connectivity index (χ4n) is 2.65. The monoisotopic (exact) mass is 403 g/mol. The summed E-state index contributed by atoms with van der Waals surface area (Å²) in [7, 11) is 0. The highest BCUT2D eigenvalue weighted by Crippen LogP contribution is 2.31. The predicted octanol–water partition coefficient (Wildman–Crippen LogP) is 4.78. The standard InChI is InChI=1S/C18H11Cl2N3O2S/c1-9-4-3-7-23-15(9)22-17-10(18(23)25)8-13(26-17)16(24)21-12-6-2-5-11(19)14(12)20/h2-8H,1H3,(H,21,24). The third-order valence-corrected chi connectivity index (χ3v) is 5.80. The van der Waals surface area contributed by atoms with Gasteiger partial charge in [0.1, 0.15) is 10.5 Å². The molecule has 26 heavy (non-hydrogen) atoms. The first-order chi connectivity index (χ1) is 12.5. The van der Waals surface area contributed by atoms with E-state index in [-0.39, 0.29) is 16.5 Å². The minimum absolute atomic E-state index is 0.204. The molecule has 0 spiro atoms. The Kier molecular flexibility index (Phi) is 4.19. The second-order valence-electron chi connectivity index (χ2n) is 5.69. The summed E-state index contributed by atoms with van der Waals surface area (Å²) in [5.74, 6) is -0.373. The summed E-state index contributed by atoms with van der Waals surface area (Å²) in [4.78, 5) is 30.7.